The summed E-state index contributed by atoms with van der Waals surface area (Å²) in [5.74, 6) is 1.01. The van der Waals surface area contributed by atoms with Crippen LogP contribution < -0.4 is 4.74 Å². The van der Waals surface area contributed by atoms with E-state index in [1.807, 2.05) is 6.07 Å². The summed E-state index contributed by atoms with van der Waals surface area (Å²) >= 11 is 0. The molecule has 3 nitrogen and oxygen atoms in total. The van der Waals surface area contributed by atoms with Crippen molar-refractivity contribution < 1.29 is 4.74 Å². The van der Waals surface area contributed by atoms with Crippen LogP contribution in [-0.2, 0) is 0 Å². The van der Waals surface area contributed by atoms with E-state index in [4.69, 9.17) is 9.84 Å². The van der Waals surface area contributed by atoms with Gasteiger partial charge in [0.15, 0.2) is 6.23 Å². The maximum atomic E-state index is 6.12. The monoisotopic (exact) mass is 292 g/mol. The van der Waals surface area contributed by atoms with E-state index in [2.05, 4.69) is 61.3 Å². The third-order valence-corrected chi connectivity index (χ3v) is 4.51. The van der Waals surface area contributed by atoms with E-state index >= 15 is 0 Å². The van der Waals surface area contributed by atoms with Gasteiger partial charge in [0.2, 0.25) is 0 Å². The van der Waals surface area contributed by atoms with E-state index in [0.29, 0.717) is 6.04 Å². The van der Waals surface area contributed by atoms with Crippen molar-refractivity contribution in [2.75, 3.05) is 0 Å². The molecule has 0 amide bonds. The van der Waals surface area contributed by atoms with Crippen LogP contribution in [0.1, 0.15) is 42.5 Å². The highest BCUT2D eigenvalue weighted by Crippen LogP contribution is 2.43. The molecular formula is C19H20N2O. The molecule has 0 aromatic heterocycles. The molecule has 0 N–H and O–H groups in total. The van der Waals surface area contributed by atoms with Gasteiger partial charge in [0.25, 0.3) is 0 Å². The molecule has 0 fully saturated rings. The summed E-state index contributed by atoms with van der Waals surface area (Å²) < 4.78 is 6.12. The standard InChI is InChI=1S/C19H20N2O/c1-3-19-21-17(15-6-4-5-7-18(15)22-19)12-16(20-21)14-10-8-13(2)9-11-14/h4-11,17,19H,3,12H2,1-2H3. The zero-order valence-electron chi connectivity index (χ0n) is 13.0. The molecule has 0 aliphatic carbocycles. The van der Waals surface area contributed by atoms with Crippen LogP contribution in [0, 0.1) is 6.92 Å². The number of fused-ring (bicyclic) bond motifs is 3. The van der Waals surface area contributed by atoms with Crippen molar-refractivity contribution >= 4 is 5.71 Å². The number of para-hydroxylation sites is 1. The number of hydrazone groups is 1. The number of benzene rings is 2. The quantitative estimate of drug-likeness (QED) is 0.825. The Hall–Kier alpha value is -2.29. The molecule has 2 heterocycles. The van der Waals surface area contributed by atoms with Gasteiger partial charge in [0, 0.05) is 18.4 Å². The minimum Gasteiger partial charge on any atom is -0.469 e. The largest absolute Gasteiger partial charge is 0.469 e. The molecule has 3 heteroatoms. The van der Waals surface area contributed by atoms with Gasteiger partial charge in [-0.15, -0.1) is 0 Å². The van der Waals surface area contributed by atoms with Crippen molar-refractivity contribution in [1.29, 1.82) is 0 Å². The number of hydrogen-bond acceptors (Lipinski definition) is 3. The van der Waals surface area contributed by atoms with E-state index in [9.17, 15) is 0 Å². The van der Waals surface area contributed by atoms with Gasteiger partial charge in [-0.3, -0.25) is 5.01 Å². The number of rotatable bonds is 2. The Kier molecular flexibility index (Phi) is 3.14. The van der Waals surface area contributed by atoms with Gasteiger partial charge in [-0.25, -0.2) is 0 Å². The van der Waals surface area contributed by atoms with Crippen LogP contribution in [0.2, 0.25) is 0 Å². The van der Waals surface area contributed by atoms with Crippen LogP contribution in [-0.4, -0.2) is 16.9 Å². The SMILES string of the molecule is CCC1Oc2ccccc2C2CC(c3ccc(C)cc3)=NN12. The van der Waals surface area contributed by atoms with E-state index in [1.165, 1.54) is 16.7 Å². The highest BCUT2D eigenvalue weighted by molar-refractivity contribution is 6.01. The summed E-state index contributed by atoms with van der Waals surface area (Å²) in [5, 5.41) is 7.04. The maximum Gasteiger partial charge on any atom is 0.187 e. The third-order valence-electron chi connectivity index (χ3n) is 4.51. The molecule has 2 unspecified atom stereocenters. The van der Waals surface area contributed by atoms with Gasteiger partial charge >= 0.3 is 0 Å². The minimum atomic E-state index is 0.0304. The second-order valence-electron chi connectivity index (χ2n) is 6.03. The fraction of sp³-hybridized carbons (Fsp3) is 0.316. The molecule has 22 heavy (non-hydrogen) atoms. The van der Waals surface area contributed by atoms with Crippen LogP contribution in [0.5, 0.6) is 5.75 Å². The average molecular weight is 292 g/mol. The fourth-order valence-electron chi connectivity index (χ4n) is 3.30. The average Bonchev–Trinajstić information content (AvgIpc) is 3.00. The third kappa shape index (κ3) is 2.08. The number of ether oxygens (including phenoxy) is 1. The van der Waals surface area contributed by atoms with Crippen molar-refractivity contribution in [3.63, 3.8) is 0 Å². The fourth-order valence-corrected chi connectivity index (χ4v) is 3.30. The first-order valence-electron chi connectivity index (χ1n) is 7.94. The van der Waals surface area contributed by atoms with Crippen molar-refractivity contribution in [2.24, 2.45) is 5.10 Å². The summed E-state index contributed by atoms with van der Waals surface area (Å²) in [6.45, 7) is 4.26. The predicted octanol–water partition coefficient (Wildman–Crippen LogP) is 4.27. The molecule has 2 aromatic carbocycles. The van der Waals surface area contributed by atoms with Crippen molar-refractivity contribution in [3.05, 3.63) is 65.2 Å². The van der Waals surface area contributed by atoms with Crippen LogP contribution in [0.25, 0.3) is 0 Å². The van der Waals surface area contributed by atoms with Gasteiger partial charge in [-0.05, 0) is 18.6 Å². The molecular weight excluding hydrogens is 272 g/mol. The van der Waals surface area contributed by atoms with Gasteiger partial charge in [-0.2, -0.15) is 5.10 Å². The van der Waals surface area contributed by atoms with Crippen LogP contribution in [0.15, 0.2) is 53.6 Å². The number of aryl methyl sites for hydroxylation is 1. The molecule has 4 rings (SSSR count). The molecule has 2 atom stereocenters. The lowest BCUT2D eigenvalue weighted by Crippen LogP contribution is -2.39. The first-order valence-corrected chi connectivity index (χ1v) is 7.94. The minimum absolute atomic E-state index is 0.0304. The zero-order valence-corrected chi connectivity index (χ0v) is 13.0. The Morgan fingerprint density at radius 2 is 1.91 bits per heavy atom. The molecule has 0 bridgehead atoms. The number of hydrogen-bond donors (Lipinski definition) is 0. The highest BCUT2D eigenvalue weighted by atomic mass is 16.5. The van der Waals surface area contributed by atoms with E-state index < -0.39 is 0 Å². The molecule has 0 spiro atoms. The van der Waals surface area contributed by atoms with Crippen molar-refractivity contribution in [1.82, 2.24) is 5.01 Å². The van der Waals surface area contributed by atoms with E-state index in [-0.39, 0.29) is 6.23 Å². The van der Waals surface area contributed by atoms with Crippen LogP contribution in [0.4, 0.5) is 0 Å². The van der Waals surface area contributed by atoms with Gasteiger partial charge in [-0.1, -0.05) is 55.0 Å². The molecule has 112 valence electrons. The van der Waals surface area contributed by atoms with Crippen molar-refractivity contribution in [2.45, 2.75) is 39.0 Å². The lowest BCUT2D eigenvalue weighted by atomic mass is 9.96. The van der Waals surface area contributed by atoms with Crippen molar-refractivity contribution in [3.8, 4) is 5.75 Å². The summed E-state index contributed by atoms with van der Waals surface area (Å²) in [4.78, 5) is 0. The van der Waals surface area contributed by atoms with Crippen LogP contribution >= 0.6 is 0 Å². The zero-order chi connectivity index (χ0) is 15.1. The van der Waals surface area contributed by atoms with Gasteiger partial charge in [0.05, 0.1) is 11.8 Å². The normalized spacial score (nSPS) is 22.6. The van der Waals surface area contributed by atoms with E-state index in [1.54, 1.807) is 0 Å². The van der Waals surface area contributed by atoms with Crippen LogP contribution in [0.3, 0.4) is 0 Å². The Labute approximate surface area is 131 Å². The Balaban J connectivity index is 1.72. The molecule has 0 saturated heterocycles. The Morgan fingerprint density at radius 3 is 2.68 bits per heavy atom. The highest BCUT2D eigenvalue weighted by Gasteiger charge is 2.39. The number of nitrogens with zero attached hydrogens (tertiary/aromatic N) is 2. The predicted molar refractivity (Wildman–Crippen MR) is 88.1 cm³/mol. The van der Waals surface area contributed by atoms with Gasteiger partial charge < -0.3 is 4.74 Å². The molecule has 0 saturated carbocycles. The summed E-state index contributed by atoms with van der Waals surface area (Å²) in [7, 11) is 0. The van der Waals surface area contributed by atoms with Gasteiger partial charge in [0.1, 0.15) is 5.75 Å². The molecule has 2 aliphatic heterocycles. The first-order chi connectivity index (χ1) is 10.8. The second kappa shape index (κ2) is 5.16. The summed E-state index contributed by atoms with van der Waals surface area (Å²) in [5.41, 5.74) is 4.90. The maximum absolute atomic E-state index is 6.12. The molecule has 0 radical (unpaired) electrons. The summed E-state index contributed by atoms with van der Waals surface area (Å²) in [6, 6.07) is 17.3. The van der Waals surface area contributed by atoms with E-state index in [0.717, 1.165) is 24.3 Å². The molecule has 2 aliphatic rings. The Morgan fingerprint density at radius 1 is 1.14 bits per heavy atom. The smallest absolute Gasteiger partial charge is 0.187 e. The lowest BCUT2D eigenvalue weighted by Gasteiger charge is -2.37. The molecule has 2 aromatic rings. The second-order valence-corrected chi connectivity index (χ2v) is 6.03. The lowest BCUT2D eigenvalue weighted by molar-refractivity contribution is -0.0188. The summed E-state index contributed by atoms with van der Waals surface area (Å²) in [6.07, 6.45) is 1.90. The Bertz CT molecular complexity index is 720. The topological polar surface area (TPSA) is 24.8 Å². The first kappa shape index (κ1) is 13.4.